The van der Waals surface area contributed by atoms with Crippen molar-refractivity contribution in [1.82, 2.24) is 10.6 Å². The lowest BCUT2D eigenvalue weighted by atomic mass is 9.69. The van der Waals surface area contributed by atoms with Crippen LogP contribution in [0, 0.1) is 17.3 Å². The maximum absolute atomic E-state index is 11.7. The van der Waals surface area contributed by atoms with E-state index in [1.165, 1.54) is 25.7 Å². The molecular formula is C17H34N2O. The molecule has 0 aliphatic heterocycles. The highest BCUT2D eigenvalue weighted by atomic mass is 16.1. The van der Waals surface area contributed by atoms with Gasteiger partial charge in [0.05, 0.1) is 0 Å². The number of hydrogen-bond donors (Lipinski definition) is 2. The molecule has 118 valence electrons. The monoisotopic (exact) mass is 282 g/mol. The Morgan fingerprint density at radius 1 is 1.20 bits per heavy atom. The fourth-order valence-corrected chi connectivity index (χ4v) is 3.19. The standard InChI is InChI=1S/C17H34N2O/c1-13(2)12-19-16(20)10-11-18-15-9-7-6-8-14(15)17(3,4)5/h13-15,18H,6-12H2,1-5H3,(H,19,20). The number of carbonyl (C=O) groups excluding carboxylic acids is 1. The molecule has 0 saturated heterocycles. The number of rotatable bonds is 6. The third-order valence-electron chi connectivity index (χ3n) is 4.34. The Hall–Kier alpha value is -0.570. The molecule has 3 nitrogen and oxygen atoms in total. The minimum Gasteiger partial charge on any atom is -0.356 e. The highest BCUT2D eigenvalue weighted by molar-refractivity contribution is 5.76. The third-order valence-corrected chi connectivity index (χ3v) is 4.34. The van der Waals surface area contributed by atoms with Crippen LogP contribution in [0.5, 0.6) is 0 Å². The molecule has 0 aromatic rings. The Bertz CT molecular complexity index is 294. The lowest BCUT2D eigenvalue weighted by molar-refractivity contribution is -0.121. The Morgan fingerprint density at radius 3 is 2.45 bits per heavy atom. The largest absolute Gasteiger partial charge is 0.356 e. The summed E-state index contributed by atoms with van der Waals surface area (Å²) in [6, 6.07) is 0.585. The minimum atomic E-state index is 0.175. The minimum absolute atomic E-state index is 0.175. The zero-order valence-electron chi connectivity index (χ0n) is 14.1. The highest BCUT2D eigenvalue weighted by Gasteiger charge is 2.33. The second-order valence-corrected chi connectivity index (χ2v) is 7.77. The Kier molecular flexibility index (Phi) is 7.01. The second-order valence-electron chi connectivity index (χ2n) is 7.77. The lowest BCUT2D eigenvalue weighted by Gasteiger charge is -2.41. The van der Waals surface area contributed by atoms with E-state index >= 15 is 0 Å². The average molecular weight is 282 g/mol. The summed E-state index contributed by atoms with van der Waals surface area (Å²) in [4.78, 5) is 11.7. The third kappa shape index (κ3) is 6.25. The van der Waals surface area contributed by atoms with E-state index in [2.05, 4.69) is 45.3 Å². The molecule has 0 aromatic carbocycles. The molecule has 0 radical (unpaired) electrons. The van der Waals surface area contributed by atoms with Gasteiger partial charge in [0.2, 0.25) is 5.91 Å². The molecule has 1 fully saturated rings. The van der Waals surface area contributed by atoms with Crippen molar-refractivity contribution in [3.63, 3.8) is 0 Å². The van der Waals surface area contributed by atoms with Crippen molar-refractivity contribution in [3.05, 3.63) is 0 Å². The Labute approximate surface area is 125 Å². The van der Waals surface area contributed by atoms with Crippen LogP contribution >= 0.6 is 0 Å². The molecule has 0 heterocycles. The van der Waals surface area contributed by atoms with Gasteiger partial charge in [-0.1, -0.05) is 47.5 Å². The summed E-state index contributed by atoms with van der Waals surface area (Å²) in [6.07, 6.45) is 5.86. The van der Waals surface area contributed by atoms with Crippen molar-refractivity contribution in [2.24, 2.45) is 17.3 Å². The normalized spacial score (nSPS) is 23.9. The van der Waals surface area contributed by atoms with E-state index in [4.69, 9.17) is 0 Å². The first kappa shape index (κ1) is 17.5. The summed E-state index contributed by atoms with van der Waals surface area (Å²) in [5.74, 6) is 1.43. The van der Waals surface area contributed by atoms with Crippen LogP contribution in [0.4, 0.5) is 0 Å². The van der Waals surface area contributed by atoms with Crippen molar-refractivity contribution in [2.45, 2.75) is 72.8 Å². The van der Waals surface area contributed by atoms with Gasteiger partial charge in [0.25, 0.3) is 0 Å². The molecule has 1 saturated carbocycles. The molecule has 2 atom stereocenters. The summed E-state index contributed by atoms with van der Waals surface area (Å²) in [5, 5.41) is 6.62. The van der Waals surface area contributed by atoms with Crippen LogP contribution in [0.15, 0.2) is 0 Å². The van der Waals surface area contributed by atoms with Crippen LogP contribution in [0.3, 0.4) is 0 Å². The summed E-state index contributed by atoms with van der Waals surface area (Å²) in [6.45, 7) is 12.9. The smallest absolute Gasteiger partial charge is 0.221 e. The van der Waals surface area contributed by atoms with Crippen molar-refractivity contribution in [1.29, 1.82) is 0 Å². The molecule has 2 unspecified atom stereocenters. The van der Waals surface area contributed by atoms with Crippen molar-refractivity contribution >= 4 is 5.91 Å². The molecular weight excluding hydrogens is 248 g/mol. The van der Waals surface area contributed by atoms with E-state index in [1.54, 1.807) is 0 Å². The Balaban J connectivity index is 2.30. The van der Waals surface area contributed by atoms with Crippen LogP contribution in [-0.2, 0) is 4.79 Å². The zero-order chi connectivity index (χ0) is 15.2. The highest BCUT2D eigenvalue weighted by Crippen LogP contribution is 2.37. The molecule has 0 spiro atoms. The van der Waals surface area contributed by atoms with Crippen molar-refractivity contribution in [3.8, 4) is 0 Å². The molecule has 20 heavy (non-hydrogen) atoms. The molecule has 1 rings (SSSR count). The first-order valence-electron chi connectivity index (χ1n) is 8.30. The molecule has 1 amide bonds. The van der Waals surface area contributed by atoms with Gasteiger partial charge in [0.15, 0.2) is 0 Å². The number of hydrogen-bond acceptors (Lipinski definition) is 2. The van der Waals surface area contributed by atoms with Crippen LogP contribution in [0.1, 0.15) is 66.7 Å². The van der Waals surface area contributed by atoms with Gasteiger partial charge in [-0.2, -0.15) is 0 Å². The second kappa shape index (κ2) is 8.02. The van der Waals surface area contributed by atoms with Gasteiger partial charge in [-0.05, 0) is 30.1 Å². The van der Waals surface area contributed by atoms with Gasteiger partial charge in [0, 0.05) is 25.6 Å². The fraction of sp³-hybridized carbons (Fsp3) is 0.941. The zero-order valence-corrected chi connectivity index (χ0v) is 14.1. The predicted octanol–water partition coefficient (Wildman–Crippen LogP) is 3.34. The van der Waals surface area contributed by atoms with Crippen LogP contribution < -0.4 is 10.6 Å². The summed E-state index contributed by atoms with van der Waals surface area (Å²) in [5.41, 5.74) is 0.359. The van der Waals surface area contributed by atoms with E-state index in [1.807, 2.05) is 0 Å². The van der Waals surface area contributed by atoms with Crippen LogP contribution in [0.2, 0.25) is 0 Å². The van der Waals surface area contributed by atoms with Crippen molar-refractivity contribution < 1.29 is 4.79 Å². The fourth-order valence-electron chi connectivity index (χ4n) is 3.19. The van der Waals surface area contributed by atoms with Crippen LogP contribution in [0.25, 0.3) is 0 Å². The van der Waals surface area contributed by atoms with Crippen LogP contribution in [-0.4, -0.2) is 25.0 Å². The van der Waals surface area contributed by atoms with E-state index in [-0.39, 0.29) is 5.91 Å². The maximum Gasteiger partial charge on any atom is 0.221 e. The molecule has 0 bridgehead atoms. The molecule has 1 aliphatic rings. The van der Waals surface area contributed by atoms with Gasteiger partial charge < -0.3 is 10.6 Å². The predicted molar refractivity (Wildman–Crippen MR) is 85.7 cm³/mol. The Morgan fingerprint density at radius 2 is 1.85 bits per heavy atom. The quantitative estimate of drug-likeness (QED) is 0.784. The SMILES string of the molecule is CC(C)CNC(=O)CCNC1CCCCC1C(C)(C)C. The van der Waals surface area contributed by atoms with Gasteiger partial charge in [-0.3, -0.25) is 4.79 Å². The molecule has 0 aromatic heterocycles. The summed E-state index contributed by atoms with van der Waals surface area (Å²) < 4.78 is 0. The van der Waals surface area contributed by atoms with Gasteiger partial charge in [0.1, 0.15) is 0 Å². The number of amides is 1. The van der Waals surface area contributed by atoms with Gasteiger partial charge in [-0.25, -0.2) is 0 Å². The van der Waals surface area contributed by atoms with Gasteiger partial charge in [-0.15, -0.1) is 0 Å². The number of carbonyl (C=O) groups is 1. The van der Waals surface area contributed by atoms with E-state index in [0.717, 1.165) is 19.0 Å². The summed E-state index contributed by atoms with van der Waals surface area (Å²) >= 11 is 0. The van der Waals surface area contributed by atoms with Gasteiger partial charge >= 0.3 is 0 Å². The first-order chi connectivity index (χ1) is 9.30. The topological polar surface area (TPSA) is 41.1 Å². The maximum atomic E-state index is 11.7. The molecule has 2 N–H and O–H groups in total. The summed E-state index contributed by atoms with van der Waals surface area (Å²) in [7, 11) is 0. The molecule has 3 heteroatoms. The average Bonchev–Trinajstić information content (AvgIpc) is 2.36. The van der Waals surface area contributed by atoms with Crippen molar-refractivity contribution in [2.75, 3.05) is 13.1 Å². The van der Waals surface area contributed by atoms with E-state index in [9.17, 15) is 4.79 Å². The number of nitrogens with one attached hydrogen (secondary N) is 2. The van der Waals surface area contributed by atoms with E-state index in [0.29, 0.717) is 23.8 Å². The molecule has 1 aliphatic carbocycles. The first-order valence-corrected chi connectivity index (χ1v) is 8.30. The lowest BCUT2D eigenvalue weighted by Crippen LogP contribution is -2.45. The van der Waals surface area contributed by atoms with E-state index < -0.39 is 0 Å².